The van der Waals surface area contributed by atoms with Crippen LogP contribution in [0.2, 0.25) is 0 Å². The second-order valence-electron chi connectivity index (χ2n) is 3.55. The van der Waals surface area contributed by atoms with Gasteiger partial charge in [-0.3, -0.25) is 15.5 Å². The molecule has 2 aromatic heterocycles. The Kier molecular flexibility index (Phi) is 2.84. The highest BCUT2D eigenvalue weighted by molar-refractivity contribution is 5.49. The number of hydrazine groups is 1. The molecule has 2 aromatic rings. The highest BCUT2D eigenvalue weighted by Crippen LogP contribution is 2.24. The lowest BCUT2D eigenvalue weighted by atomic mass is 10.0. The van der Waals surface area contributed by atoms with E-state index >= 15 is 0 Å². The molecule has 0 saturated carbocycles. The van der Waals surface area contributed by atoms with Gasteiger partial charge in [0.2, 0.25) is 0 Å². The van der Waals surface area contributed by atoms with E-state index in [-0.39, 0.29) is 6.04 Å². The standard InChI is InChI=1S/C10H14N6/c1-16-6-7(4-14-16)10(15-12)8-5-13-3-2-9(8)11/h2-6,10,15H,12H2,1H3,(H2,11,13). The molecule has 84 valence electrons. The van der Waals surface area contributed by atoms with Gasteiger partial charge in [-0.15, -0.1) is 0 Å². The molecule has 0 amide bonds. The van der Waals surface area contributed by atoms with E-state index in [1.807, 2.05) is 13.2 Å². The van der Waals surface area contributed by atoms with E-state index in [9.17, 15) is 0 Å². The average Bonchev–Trinajstić information content (AvgIpc) is 2.69. The van der Waals surface area contributed by atoms with Crippen LogP contribution < -0.4 is 17.0 Å². The number of hydrogen-bond acceptors (Lipinski definition) is 5. The van der Waals surface area contributed by atoms with E-state index in [1.54, 1.807) is 29.3 Å². The number of rotatable bonds is 3. The van der Waals surface area contributed by atoms with Gasteiger partial charge in [-0.2, -0.15) is 5.10 Å². The normalized spacial score (nSPS) is 12.6. The topological polar surface area (TPSA) is 94.8 Å². The second kappa shape index (κ2) is 4.30. The first-order chi connectivity index (χ1) is 7.72. The number of nitrogens with two attached hydrogens (primary N) is 2. The SMILES string of the molecule is Cn1cc(C(NN)c2cnccc2N)cn1. The molecule has 6 heteroatoms. The predicted octanol–water partition coefficient (Wildman–Crippen LogP) is -0.0500. The van der Waals surface area contributed by atoms with Crippen LogP contribution in [0.1, 0.15) is 17.2 Å². The van der Waals surface area contributed by atoms with Crippen LogP contribution in [-0.2, 0) is 7.05 Å². The van der Waals surface area contributed by atoms with E-state index in [2.05, 4.69) is 15.5 Å². The molecule has 0 aliphatic carbocycles. The summed E-state index contributed by atoms with van der Waals surface area (Å²) in [4.78, 5) is 4.04. The summed E-state index contributed by atoms with van der Waals surface area (Å²) in [6.45, 7) is 0. The predicted molar refractivity (Wildman–Crippen MR) is 61.0 cm³/mol. The number of nitrogen functional groups attached to an aromatic ring is 1. The Morgan fingerprint density at radius 2 is 2.25 bits per heavy atom. The summed E-state index contributed by atoms with van der Waals surface area (Å²) in [5.41, 5.74) is 11.0. The summed E-state index contributed by atoms with van der Waals surface area (Å²) in [5.74, 6) is 5.54. The number of anilines is 1. The first-order valence-corrected chi connectivity index (χ1v) is 4.86. The van der Waals surface area contributed by atoms with Gasteiger partial charge >= 0.3 is 0 Å². The Hall–Kier alpha value is -1.92. The fraction of sp³-hybridized carbons (Fsp3) is 0.200. The van der Waals surface area contributed by atoms with E-state index in [0.29, 0.717) is 5.69 Å². The molecule has 1 unspecified atom stereocenters. The number of nitrogens with one attached hydrogen (secondary N) is 1. The number of nitrogens with zero attached hydrogens (tertiary/aromatic N) is 3. The molecule has 0 aliphatic rings. The maximum Gasteiger partial charge on any atom is 0.0775 e. The Bertz CT molecular complexity index is 478. The molecule has 0 spiro atoms. The average molecular weight is 218 g/mol. The third-order valence-corrected chi connectivity index (χ3v) is 2.42. The van der Waals surface area contributed by atoms with Crippen molar-refractivity contribution in [3.63, 3.8) is 0 Å². The molecule has 2 rings (SSSR count). The Morgan fingerprint density at radius 3 is 2.81 bits per heavy atom. The molecule has 0 aromatic carbocycles. The molecule has 6 nitrogen and oxygen atoms in total. The van der Waals surface area contributed by atoms with E-state index in [0.717, 1.165) is 11.1 Å². The van der Waals surface area contributed by atoms with Crippen LogP contribution in [0.4, 0.5) is 5.69 Å². The quantitative estimate of drug-likeness (QED) is 0.496. The van der Waals surface area contributed by atoms with Gasteiger partial charge in [0.05, 0.1) is 12.2 Å². The second-order valence-corrected chi connectivity index (χ2v) is 3.55. The van der Waals surface area contributed by atoms with Crippen LogP contribution in [0.15, 0.2) is 30.9 Å². The van der Waals surface area contributed by atoms with Gasteiger partial charge in [-0.05, 0) is 6.07 Å². The van der Waals surface area contributed by atoms with Crippen molar-refractivity contribution in [3.05, 3.63) is 42.0 Å². The van der Waals surface area contributed by atoms with Gasteiger partial charge in [-0.25, -0.2) is 5.43 Å². The molecule has 5 N–H and O–H groups in total. The van der Waals surface area contributed by atoms with Crippen molar-refractivity contribution >= 4 is 5.69 Å². The summed E-state index contributed by atoms with van der Waals surface area (Å²) in [7, 11) is 1.85. The smallest absolute Gasteiger partial charge is 0.0775 e. The number of aromatic nitrogens is 3. The Morgan fingerprint density at radius 1 is 1.44 bits per heavy atom. The van der Waals surface area contributed by atoms with Gasteiger partial charge < -0.3 is 5.73 Å². The number of aryl methyl sites for hydroxylation is 1. The summed E-state index contributed by atoms with van der Waals surface area (Å²) in [6.07, 6.45) is 6.98. The first kappa shape index (κ1) is 10.6. The zero-order valence-electron chi connectivity index (χ0n) is 8.96. The van der Waals surface area contributed by atoms with Crippen LogP contribution in [0, 0.1) is 0 Å². The minimum Gasteiger partial charge on any atom is -0.398 e. The van der Waals surface area contributed by atoms with Crippen molar-refractivity contribution in [1.29, 1.82) is 0 Å². The van der Waals surface area contributed by atoms with E-state index < -0.39 is 0 Å². The zero-order valence-corrected chi connectivity index (χ0v) is 8.96. The minimum atomic E-state index is -0.192. The van der Waals surface area contributed by atoms with Crippen molar-refractivity contribution in [2.75, 3.05) is 5.73 Å². The van der Waals surface area contributed by atoms with Crippen molar-refractivity contribution < 1.29 is 0 Å². The van der Waals surface area contributed by atoms with Gasteiger partial charge in [0.25, 0.3) is 0 Å². The summed E-state index contributed by atoms with van der Waals surface area (Å²) < 4.78 is 1.71. The van der Waals surface area contributed by atoms with Crippen molar-refractivity contribution in [2.45, 2.75) is 6.04 Å². The van der Waals surface area contributed by atoms with E-state index in [1.165, 1.54) is 0 Å². The lowest BCUT2D eigenvalue weighted by molar-refractivity contribution is 0.635. The van der Waals surface area contributed by atoms with Crippen molar-refractivity contribution in [2.24, 2.45) is 12.9 Å². The fourth-order valence-electron chi connectivity index (χ4n) is 1.61. The molecule has 1 atom stereocenters. The number of hydrogen-bond donors (Lipinski definition) is 3. The van der Waals surface area contributed by atoms with Crippen LogP contribution in [0.25, 0.3) is 0 Å². The Labute approximate surface area is 93.2 Å². The summed E-state index contributed by atoms with van der Waals surface area (Å²) >= 11 is 0. The fourth-order valence-corrected chi connectivity index (χ4v) is 1.61. The van der Waals surface area contributed by atoms with Crippen molar-refractivity contribution in [3.8, 4) is 0 Å². The van der Waals surface area contributed by atoms with Crippen LogP contribution in [0.5, 0.6) is 0 Å². The van der Waals surface area contributed by atoms with Gasteiger partial charge in [-0.1, -0.05) is 0 Å². The molecule has 16 heavy (non-hydrogen) atoms. The maximum atomic E-state index is 5.88. The summed E-state index contributed by atoms with van der Waals surface area (Å²) in [6, 6.07) is 1.55. The highest BCUT2D eigenvalue weighted by Gasteiger charge is 2.16. The molecule has 2 heterocycles. The first-order valence-electron chi connectivity index (χ1n) is 4.86. The molecule has 0 saturated heterocycles. The van der Waals surface area contributed by atoms with Gasteiger partial charge in [0.15, 0.2) is 0 Å². The Balaban J connectivity index is 2.40. The molecular weight excluding hydrogens is 204 g/mol. The lowest BCUT2D eigenvalue weighted by Gasteiger charge is -2.15. The monoisotopic (exact) mass is 218 g/mol. The molecule has 0 radical (unpaired) electrons. The molecule has 0 bridgehead atoms. The summed E-state index contributed by atoms with van der Waals surface area (Å²) in [5, 5.41) is 4.10. The highest BCUT2D eigenvalue weighted by atomic mass is 15.3. The number of pyridine rings is 1. The van der Waals surface area contributed by atoms with Crippen LogP contribution >= 0.6 is 0 Å². The third kappa shape index (κ3) is 1.88. The van der Waals surface area contributed by atoms with Crippen LogP contribution in [-0.4, -0.2) is 14.8 Å². The van der Waals surface area contributed by atoms with Gasteiger partial charge in [0.1, 0.15) is 0 Å². The molecule has 0 aliphatic heterocycles. The zero-order chi connectivity index (χ0) is 11.5. The third-order valence-electron chi connectivity index (χ3n) is 2.42. The minimum absolute atomic E-state index is 0.192. The molecule has 0 fully saturated rings. The van der Waals surface area contributed by atoms with E-state index in [4.69, 9.17) is 11.6 Å². The van der Waals surface area contributed by atoms with Crippen molar-refractivity contribution in [1.82, 2.24) is 20.2 Å². The largest absolute Gasteiger partial charge is 0.398 e. The lowest BCUT2D eigenvalue weighted by Crippen LogP contribution is -2.29. The van der Waals surface area contributed by atoms with Gasteiger partial charge in [0, 0.05) is 42.5 Å². The van der Waals surface area contributed by atoms with Crippen LogP contribution in [0.3, 0.4) is 0 Å². The molecular formula is C10H14N6. The maximum absolute atomic E-state index is 5.88.